The van der Waals surface area contributed by atoms with Crippen LogP contribution in [0.4, 0.5) is 0 Å². The molecule has 1 aromatic heterocycles. The Kier molecular flexibility index (Phi) is 4.57. The van der Waals surface area contributed by atoms with Crippen LogP contribution in [0.15, 0.2) is 29.4 Å². The van der Waals surface area contributed by atoms with E-state index in [1.807, 2.05) is 0 Å². The second kappa shape index (κ2) is 6.06. The van der Waals surface area contributed by atoms with E-state index in [2.05, 4.69) is 15.2 Å². The van der Waals surface area contributed by atoms with Crippen molar-refractivity contribution in [3.63, 3.8) is 0 Å². The maximum Gasteiger partial charge on any atom is 0.243 e. The molecule has 0 atom stereocenters. The number of nitrogens with one attached hydrogen (secondary N) is 1. The predicted octanol–water partition coefficient (Wildman–Crippen LogP) is 0.913. The lowest BCUT2D eigenvalue weighted by molar-refractivity contribution is 0.457. The molecule has 21 heavy (non-hydrogen) atoms. The number of nitrogens with zero attached hydrogens (tertiary/aromatic N) is 3. The number of benzene rings is 1. The van der Waals surface area contributed by atoms with Crippen LogP contribution in [-0.4, -0.2) is 39.9 Å². The molecule has 7 nitrogen and oxygen atoms in total. The van der Waals surface area contributed by atoms with Crippen molar-refractivity contribution < 1.29 is 8.42 Å². The highest BCUT2D eigenvalue weighted by atomic mass is 35.5. The highest BCUT2D eigenvalue weighted by molar-refractivity contribution is 7.89. The number of halogens is 1. The summed E-state index contributed by atoms with van der Waals surface area (Å²) in [5.74, 6) is 0.437. The van der Waals surface area contributed by atoms with Crippen molar-refractivity contribution in [3.8, 4) is 0 Å². The average Bonchev–Trinajstić information content (AvgIpc) is 2.90. The van der Waals surface area contributed by atoms with E-state index >= 15 is 0 Å². The van der Waals surface area contributed by atoms with Crippen molar-refractivity contribution in [2.45, 2.75) is 11.4 Å². The molecule has 0 saturated carbocycles. The Bertz CT molecular complexity index is 761. The molecule has 1 aromatic carbocycles. The van der Waals surface area contributed by atoms with E-state index in [-0.39, 0.29) is 21.5 Å². The molecule has 1 heterocycles. The number of hydrogen-bond donors (Lipinski definition) is 2. The monoisotopic (exact) mass is 345 g/mol. The fourth-order valence-corrected chi connectivity index (χ4v) is 3.38. The molecule has 0 aliphatic rings. The summed E-state index contributed by atoms with van der Waals surface area (Å²) >= 11 is 10.8. The first kappa shape index (κ1) is 15.8. The second-order valence-electron chi connectivity index (χ2n) is 4.20. The summed E-state index contributed by atoms with van der Waals surface area (Å²) < 4.78 is 26.0. The van der Waals surface area contributed by atoms with Gasteiger partial charge in [-0.1, -0.05) is 23.8 Å². The standard InChI is InChI=1S/C11H12ClN5O2S2/c1-17(5-10-14-6-15-16-10)21(18,19)7-2-3-8(11(13)20)9(12)4-7/h2-4,6H,5H2,1H3,(H2,13,20)(H,14,15,16). The van der Waals surface area contributed by atoms with Gasteiger partial charge < -0.3 is 5.73 Å². The first-order chi connectivity index (χ1) is 9.82. The summed E-state index contributed by atoms with van der Waals surface area (Å²) in [6.45, 7) is 0.0665. The number of aromatic nitrogens is 3. The van der Waals surface area contributed by atoms with E-state index in [0.717, 1.165) is 4.31 Å². The van der Waals surface area contributed by atoms with Gasteiger partial charge in [0.2, 0.25) is 10.0 Å². The van der Waals surface area contributed by atoms with Crippen LogP contribution in [0.5, 0.6) is 0 Å². The fraction of sp³-hybridized carbons (Fsp3) is 0.182. The van der Waals surface area contributed by atoms with Crippen LogP contribution in [0.3, 0.4) is 0 Å². The van der Waals surface area contributed by atoms with Gasteiger partial charge in [-0.3, -0.25) is 5.10 Å². The molecule has 0 bridgehead atoms. The molecular weight excluding hydrogens is 334 g/mol. The topological polar surface area (TPSA) is 105 Å². The molecule has 0 aliphatic heterocycles. The van der Waals surface area contributed by atoms with Gasteiger partial charge in [-0.15, -0.1) is 0 Å². The highest BCUT2D eigenvalue weighted by Crippen LogP contribution is 2.23. The smallest absolute Gasteiger partial charge is 0.243 e. The summed E-state index contributed by atoms with van der Waals surface area (Å²) in [5, 5.41) is 6.46. The van der Waals surface area contributed by atoms with Crippen LogP contribution < -0.4 is 5.73 Å². The summed E-state index contributed by atoms with van der Waals surface area (Å²) in [7, 11) is -2.27. The second-order valence-corrected chi connectivity index (χ2v) is 7.09. The Balaban J connectivity index is 2.31. The van der Waals surface area contributed by atoms with Crippen molar-refractivity contribution in [1.82, 2.24) is 19.5 Å². The third-order valence-corrected chi connectivity index (χ3v) is 5.08. The lowest BCUT2D eigenvalue weighted by Gasteiger charge is -2.16. The maximum absolute atomic E-state index is 12.4. The van der Waals surface area contributed by atoms with Gasteiger partial charge in [0.05, 0.1) is 16.5 Å². The third-order valence-electron chi connectivity index (χ3n) is 2.75. The van der Waals surface area contributed by atoms with Gasteiger partial charge in [-0.2, -0.15) is 9.40 Å². The Morgan fingerprint density at radius 3 is 2.76 bits per heavy atom. The number of aromatic amines is 1. The van der Waals surface area contributed by atoms with Crippen LogP contribution in [0.1, 0.15) is 11.4 Å². The van der Waals surface area contributed by atoms with Gasteiger partial charge in [0.25, 0.3) is 0 Å². The van der Waals surface area contributed by atoms with E-state index in [0.29, 0.717) is 11.4 Å². The number of nitrogens with two attached hydrogens (primary N) is 1. The lowest BCUT2D eigenvalue weighted by Crippen LogP contribution is -2.27. The summed E-state index contributed by atoms with van der Waals surface area (Å²) in [5.41, 5.74) is 5.93. The molecular formula is C11H12ClN5O2S2. The van der Waals surface area contributed by atoms with Gasteiger partial charge in [0.1, 0.15) is 17.1 Å². The maximum atomic E-state index is 12.4. The Morgan fingerprint density at radius 1 is 1.52 bits per heavy atom. The van der Waals surface area contributed by atoms with Crippen LogP contribution in [-0.2, 0) is 16.6 Å². The van der Waals surface area contributed by atoms with Crippen molar-refractivity contribution in [2.24, 2.45) is 5.73 Å². The minimum atomic E-state index is -3.70. The third kappa shape index (κ3) is 3.38. The Hall–Kier alpha value is -1.55. The SMILES string of the molecule is CN(Cc1ncn[nH]1)S(=O)(=O)c1ccc(C(N)=S)c(Cl)c1. The minimum Gasteiger partial charge on any atom is -0.389 e. The Morgan fingerprint density at radius 2 is 2.24 bits per heavy atom. The zero-order chi connectivity index (χ0) is 15.6. The number of hydrogen-bond acceptors (Lipinski definition) is 5. The Labute approximate surface area is 132 Å². The van der Waals surface area contributed by atoms with Crippen LogP contribution in [0.2, 0.25) is 5.02 Å². The molecule has 112 valence electrons. The molecule has 0 radical (unpaired) electrons. The zero-order valence-electron chi connectivity index (χ0n) is 10.9. The molecule has 0 amide bonds. The molecule has 10 heteroatoms. The largest absolute Gasteiger partial charge is 0.389 e. The van der Waals surface area contributed by atoms with E-state index in [1.165, 1.54) is 31.6 Å². The summed E-state index contributed by atoms with van der Waals surface area (Å²) in [6.07, 6.45) is 1.31. The lowest BCUT2D eigenvalue weighted by atomic mass is 10.2. The van der Waals surface area contributed by atoms with Crippen LogP contribution in [0, 0.1) is 0 Å². The first-order valence-electron chi connectivity index (χ1n) is 5.72. The van der Waals surface area contributed by atoms with Crippen LogP contribution in [0.25, 0.3) is 0 Å². The molecule has 2 aromatic rings. The van der Waals surface area contributed by atoms with Gasteiger partial charge in [0.15, 0.2) is 0 Å². The van der Waals surface area contributed by atoms with Gasteiger partial charge in [-0.25, -0.2) is 13.4 Å². The highest BCUT2D eigenvalue weighted by Gasteiger charge is 2.23. The van der Waals surface area contributed by atoms with Crippen molar-refractivity contribution in [1.29, 1.82) is 0 Å². The summed E-state index contributed by atoms with van der Waals surface area (Å²) in [6, 6.07) is 4.22. The molecule has 0 spiro atoms. The van der Waals surface area contributed by atoms with E-state index in [1.54, 1.807) is 0 Å². The predicted molar refractivity (Wildman–Crippen MR) is 82.4 cm³/mol. The molecule has 0 unspecified atom stereocenters. The number of sulfonamides is 1. The average molecular weight is 346 g/mol. The quantitative estimate of drug-likeness (QED) is 0.780. The first-order valence-corrected chi connectivity index (χ1v) is 7.95. The molecule has 0 aliphatic carbocycles. The molecule has 0 saturated heterocycles. The van der Waals surface area contributed by atoms with Crippen LogP contribution >= 0.6 is 23.8 Å². The van der Waals surface area contributed by atoms with Gasteiger partial charge in [-0.05, 0) is 18.2 Å². The number of thiocarbonyl (C=S) groups is 1. The molecule has 3 N–H and O–H groups in total. The summed E-state index contributed by atoms with van der Waals surface area (Å²) in [4.78, 5) is 4.05. The number of rotatable bonds is 5. The van der Waals surface area contributed by atoms with Crippen molar-refractivity contribution in [3.05, 3.63) is 40.9 Å². The van der Waals surface area contributed by atoms with Gasteiger partial charge in [0, 0.05) is 12.6 Å². The van der Waals surface area contributed by atoms with Crippen molar-refractivity contribution in [2.75, 3.05) is 7.05 Å². The molecule has 0 fully saturated rings. The normalized spacial score (nSPS) is 11.8. The minimum absolute atomic E-state index is 0.0505. The van der Waals surface area contributed by atoms with E-state index < -0.39 is 10.0 Å². The van der Waals surface area contributed by atoms with Gasteiger partial charge >= 0.3 is 0 Å². The van der Waals surface area contributed by atoms with E-state index in [9.17, 15) is 8.42 Å². The van der Waals surface area contributed by atoms with Crippen molar-refractivity contribution >= 4 is 38.8 Å². The molecule has 2 rings (SSSR count). The zero-order valence-corrected chi connectivity index (χ0v) is 13.3. The fourth-order valence-electron chi connectivity index (χ4n) is 1.64. The number of H-pyrrole nitrogens is 1. The van der Waals surface area contributed by atoms with E-state index in [4.69, 9.17) is 29.6 Å².